The van der Waals surface area contributed by atoms with Crippen molar-refractivity contribution in [1.29, 1.82) is 0 Å². The first-order valence-corrected chi connectivity index (χ1v) is 11.9. The number of ether oxygens (including phenoxy) is 2. The highest BCUT2D eigenvalue weighted by atomic mass is 16.5. The number of phenols is 1. The van der Waals surface area contributed by atoms with E-state index < -0.39 is 12.1 Å². The second-order valence-electron chi connectivity index (χ2n) is 10.1. The minimum atomic E-state index is -0.971. The van der Waals surface area contributed by atoms with E-state index in [1.54, 1.807) is 6.92 Å². The van der Waals surface area contributed by atoms with Gasteiger partial charge in [0, 0.05) is 17.6 Å². The van der Waals surface area contributed by atoms with E-state index in [4.69, 9.17) is 9.47 Å². The summed E-state index contributed by atoms with van der Waals surface area (Å²) in [4.78, 5) is 12.9. The summed E-state index contributed by atoms with van der Waals surface area (Å²) in [6.07, 6.45) is 0.122. The molecule has 1 unspecified atom stereocenters. The SMILES string of the molecule is C=C(CCc1cc(-n2nc3ccc(C)cc3n2)c(O)c(C(C)(C)C)c1)OCC(O)COC(=O)C(=C)C. The van der Waals surface area contributed by atoms with Gasteiger partial charge in [0.25, 0.3) is 0 Å². The Balaban J connectivity index is 1.73. The fourth-order valence-corrected chi connectivity index (χ4v) is 3.59. The predicted octanol–water partition coefficient (Wildman–Crippen LogP) is 4.68. The molecule has 0 aliphatic rings. The average molecular weight is 494 g/mol. The zero-order chi connectivity index (χ0) is 26.6. The Morgan fingerprint density at radius 3 is 2.42 bits per heavy atom. The van der Waals surface area contributed by atoms with E-state index in [1.807, 2.05) is 58.0 Å². The van der Waals surface area contributed by atoms with Crippen LogP contribution < -0.4 is 0 Å². The zero-order valence-electron chi connectivity index (χ0n) is 21.7. The standard InChI is InChI=1S/C28H35N3O5/c1-17(2)27(34)36-16-21(32)15-35-19(4)9-10-20-13-22(28(5,6)7)26(33)25(14-20)31-29-23-11-8-18(3)12-24(23)30-31/h8,11-14,21,32-33H,1,4,9-10,15-16H2,2-3,5-7H3. The molecule has 8 heteroatoms. The normalized spacial score (nSPS) is 12.4. The topological polar surface area (TPSA) is 107 Å². The Morgan fingerprint density at radius 1 is 1.08 bits per heavy atom. The highest BCUT2D eigenvalue weighted by Crippen LogP contribution is 2.36. The summed E-state index contributed by atoms with van der Waals surface area (Å²) in [5.74, 6) is 0.0804. The summed E-state index contributed by atoms with van der Waals surface area (Å²) < 4.78 is 10.5. The number of rotatable bonds is 10. The molecule has 0 bridgehead atoms. The van der Waals surface area contributed by atoms with Gasteiger partial charge >= 0.3 is 5.97 Å². The number of allylic oxidation sites excluding steroid dienone is 1. The minimum absolute atomic E-state index is 0.0421. The molecule has 0 radical (unpaired) electrons. The maximum Gasteiger partial charge on any atom is 0.333 e. The highest BCUT2D eigenvalue weighted by Gasteiger charge is 2.23. The minimum Gasteiger partial charge on any atom is -0.505 e. The fourth-order valence-electron chi connectivity index (χ4n) is 3.59. The lowest BCUT2D eigenvalue weighted by molar-refractivity contribution is -0.142. The van der Waals surface area contributed by atoms with Crippen molar-refractivity contribution in [3.63, 3.8) is 0 Å². The van der Waals surface area contributed by atoms with Gasteiger partial charge in [-0.05, 0) is 55.0 Å². The van der Waals surface area contributed by atoms with Gasteiger partial charge in [0.2, 0.25) is 0 Å². The molecule has 36 heavy (non-hydrogen) atoms. The Bertz CT molecular complexity index is 1290. The molecule has 0 amide bonds. The quantitative estimate of drug-likeness (QED) is 0.240. The molecule has 1 heterocycles. The number of esters is 1. The van der Waals surface area contributed by atoms with E-state index in [0.717, 1.165) is 27.7 Å². The molecule has 0 saturated heterocycles. The van der Waals surface area contributed by atoms with Crippen LogP contribution in [0.3, 0.4) is 0 Å². The molecule has 0 aliphatic carbocycles. The maximum absolute atomic E-state index is 11.4. The zero-order valence-corrected chi connectivity index (χ0v) is 21.7. The first-order valence-electron chi connectivity index (χ1n) is 11.9. The summed E-state index contributed by atoms with van der Waals surface area (Å²) in [6, 6.07) is 9.70. The van der Waals surface area contributed by atoms with E-state index in [0.29, 0.717) is 24.3 Å². The molecule has 0 spiro atoms. The number of phenolic OH excluding ortho intramolecular Hbond substituents is 1. The fraction of sp³-hybridized carbons (Fsp3) is 0.393. The molecule has 3 rings (SSSR count). The number of carbonyl (C=O) groups excluding carboxylic acids is 1. The van der Waals surface area contributed by atoms with Crippen molar-refractivity contribution in [1.82, 2.24) is 15.0 Å². The van der Waals surface area contributed by atoms with Crippen LogP contribution >= 0.6 is 0 Å². The van der Waals surface area contributed by atoms with E-state index in [2.05, 4.69) is 23.4 Å². The third-order valence-corrected chi connectivity index (χ3v) is 5.64. The lowest BCUT2D eigenvalue weighted by atomic mass is 9.84. The number of carbonyl (C=O) groups is 1. The van der Waals surface area contributed by atoms with Crippen molar-refractivity contribution in [2.45, 2.75) is 59.0 Å². The Kier molecular flexibility index (Phi) is 8.20. The average Bonchev–Trinajstić information content (AvgIpc) is 3.22. The first-order chi connectivity index (χ1) is 16.8. The lowest BCUT2D eigenvalue weighted by Gasteiger charge is -2.23. The number of aliphatic hydroxyl groups excluding tert-OH is 1. The van der Waals surface area contributed by atoms with Crippen LogP contribution in [0.25, 0.3) is 16.7 Å². The van der Waals surface area contributed by atoms with Gasteiger partial charge in [0.1, 0.15) is 41.8 Å². The van der Waals surface area contributed by atoms with Gasteiger partial charge in [-0.15, -0.1) is 15.0 Å². The molecule has 2 N–H and O–H groups in total. The van der Waals surface area contributed by atoms with Crippen molar-refractivity contribution in [3.05, 3.63) is 71.5 Å². The van der Waals surface area contributed by atoms with Gasteiger partial charge in [0.15, 0.2) is 0 Å². The van der Waals surface area contributed by atoms with E-state index in [1.165, 1.54) is 4.80 Å². The number of aromatic nitrogens is 3. The highest BCUT2D eigenvalue weighted by molar-refractivity contribution is 5.86. The number of nitrogens with zero attached hydrogens (tertiary/aromatic N) is 3. The first kappa shape index (κ1) is 26.9. The molecule has 8 nitrogen and oxygen atoms in total. The molecular formula is C28H35N3O5. The molecule has 1 atom stereocenters. The maximum atomic E-state index is 11.4. The number of aromatic hydroxyl groups is 1. The van der Waals surface area contributed by atoms with Crippen LogP contribution in [0, 0.1) is 6.92 Å². The van der Waals surface area contributed by atoms with Crippen LogP contribution in [-0.2, 0) is 26.1 Å². The summed E-state index contributed by atoms with van der Waals surface area (Å²) in [7, 11) is 0. The second kappa shape index (κ2) is 11.0. The number of fused-ring (bicyclic) bond motifs is 1. The molecule has 3 aromatic rings. The van der Waals surface area contributed by atoms with Crippen LogP contribution in [0.2, 0.25) is 0 Å². The van der Waals surface area contributed by atoms with Gasteiger partial charge in [-0.25, -0.2) is 4.79 Å². The van der Waals surface area contributed by atoms with Crippen LogP contribution in [0.1, 0.15) is 50.8 Å². The van der Waals surface area contributed by atoms with Crippen LogP contribution in [-0.4, -0.2) is 50.5 Å². The molecule has 2 aromatic carbocycles. The number of hydrogen-bond acceptors (Lipinski definition) is 7. The molecular weight excluding hydrogens is 458 g/mol. The largest absolute Gasteiger partial charge is 0.505 e. The van der Waals surface area contributed by atoms with Crippen molar-refractivity contribution in [3.8, 4) is 11.4 Å². The summed E-state index contributed by atoms with van der Waals surface area (Å²) in [6.45, 7) is 16.9. The Labute approximate surface area is 211 Å². The number of benzene rings is 2. The summed E-state index contributed by atoms with van der Waals surface area (Å²) in [5.41, 5.74) is 4.80. The van der Waals surface area contributed by atoms with Crippen LogP contribution in [0.15, 0.2) is 54.8 Å². The number of hydrogen-bond donors (Lipinski definition) is 2. The van der Waals surface area contributed by atoms with E-state index >= 15 is 0 Å². The van der Waals surface area contributed by atoms with Gasteiger partial charge in [-0.1, -0.05) is 46.1 Å². The molecule has 0 aliphatic heterocycles. The second-order valence-corrected chi connectivity index (χ2v) is 10.1. The number of aryl methyl sites for hydroxylation is 2. The van der Waals surface area contributed by atoms with Crippen LogP contribution in [0.4, 0.5) is 0 Å². The molecule has 192 valence electrons. The smallest absolute Gasteiger partial charge is 0.333 e. The number of aliphatic hydroxyl groups is 1. The molecule has 0 fully saturated rings. The van der Waals surface area contributed by atoms with Crippen molar-refractivity contribution in [2.75, 3.05) is 13.2 Å². The Morgan fingerprint density at radius 2 is 1.75 bits per heavy atom. The van der Waals surface area contributed by atoms with E-state index in [9.17, 15) is 15.0 Å². The summed E-state index contributed by atoms with van der Waals surface area (Å²) >= 11 is 0. The van der Waals surface area contributed by atoms with Crippen molar-refractivity contribution in [2.24, 2.45) is 0 Å². The van der Waals surface area contributed by atoms with Gasteiger partial charge < -0.3 is 19.7 Å². The third-order valence-electron chi connectivity index (χ3n) is 5.64. The van der Waals surface area contributed by atoms with Gasteiger partial charge in [-0.3, -0.25) is 0 Å². The molecule has 0 saturated carbocycles. The van der Waals surface area contributed by atoms with Crippen LogP contribution in [0.5, 0.6) is 5.75 Å². The third kappa shape index (κ3) is 6.73. The summed E-state index contributed by atoms with van der Waals surface area (Å²) in [5, 5.41) is 30.3. The molecule has 1 aromatic heterocycles. The monoisotopic (exact) mass is 493 g/mol. The predicted molar refractivity (Wildman–Crippen MR) is 139 cm³/mol. The van der Waals surface area contributed by atoms with E-state index in [-0.39, 0.29) is 30.0 Å². The lowest BCUT2D eigenvalue weighted by Crippen LogP contribution is -2.23. The van der Waals surface area contributed by atoms with Crippen molar-refractivity contribution >= 4 is 17.0 Å². The van der Waals surface area contributed by atoms with Gasteiger partial charge in [-0.2, -0.15) is 0 Å². The van der Waals surface area contributed by atoms with Crippen molar-refractivity contribution < 1.29 is 24.5 Å². The van der Waals surface area contributed by atoms with Gasteiger partial charge in [0.05, 0.1) is 5.76 Å². The Hall–Kier alpha value is -3.65.